The summed E-state index contributed by atoms with van der Waals surface area (Å²) in [7, 11) is -3.54. The zero-order valence-corrected chi connectivity index (χ0v) is 12.5. The smallest absolute Gasteiger partial charge is 0.241 e. The van der Waals surface area contributed by atoms with Gasteiger partial charge in [0.15, 0.2) is 0 Å². The zero-order chi connectivity index (χ0) is 13.3. The predicted molar refractivity (Wildman–Crippen MR) is 72.3 cm³/mol. The maximum absolute atomic E-state index is 12.2. The molecule has 1 aromatic carbocycles. The second-order valence-corrected chi connectivity index (χ2v) is 7.06. The lowest BCUT2D eigenvalue weighted by Crippen LogP contribution is -2.48. The van der Waals surface area contributed by atoms with E-state index >= 15 is 0 Å². The Kier molecular flexibility index (Phi) is 4.35. The first kappa shape index (κ1) is 14.6. The average molecular weight is 321 g/mol. The molecule has 0 fully saturated rings. The van der Waals surface area contributed by atoms with E-state index in [0.717, 1.165) is 4.47 Å². The largest absolute Gasteiger partial charge is 0.329 e. The average Bonchev–Trinajstić information content (AvgIpc) is 2.20. The van der Waals surface area contributed by atoms with Crippen molar-refractivity contribution in [1.82, 2.24) is 4.72 Å². The predicted octanol–water partition coefficient (Wildman–Crippen LogP) is 1.77. The van der Waals surface area contributed by atoms with Crippen molar-refractivity contribution < 1.29 is 8.42 Å². The van der Waals surface area contributed by atoms with Crippen molar-refractivity contribution in [3.63, 3.8) is 0 Å². The Morgan fingerprint density at radius 3 is 2.53 bits per heavy atom. The summed E-state index contributed by atoms with van der Waals surface area (Å²) in [4.78, 5) is 0.272. The number of halogens is 1. The minimum atomic E-state index is -3.54. The topological polar surface area (TPSA) is 72.2 Å². The number of benzene rings is 1. The van der Waals surface area contributed by atoms with Crippen LogP contribution in [0, 0.1) is 6.92 Å². The van der Waals surface area contributed by atoms with Gasteiger partial charge in [-0.1, -0.05) is 22.0 Å². The van der Waals surface area contributed by atoms with Crippen LogP contribution in [0.2, 0.25) is 0 Å². The number of nitrogens with one attached hydrogen (secondary N) is 1. The van der Waals surface area contributed by atoms with Crippen LogP contribution in [-0.2, 0) is 10.0 Å². The molecule has 1 aromatic rings. The molecule has 0 aliphatic heterocycles. The first-order chi connectivity index (χ1) is 7.69. The van der Waals surface area contributed by atoms with Crippen molar-refractivity contribution in [2.75, 3.05) is 6.54 Å². The number of rotatable bonds is 4. The summed E-state index contributed by atoms with van der Waals surface area (Å²) in [6.07, 6.45) is 0. The molecule has 0 aromatic heterocycles. The minimum absolute atomic E-state index is 0.235. The van der Waals surface area contributed by atoms with Crippen LogP contribution in [0.3, 0.4) is 0 Å². The number of nitrogens with two attached hydrogens (primary N) is 1. The molecule has 0 bridgehead atoms. The van der Waals surface area contributed by atoms with E-state index in [0.29, 0.717) is 5.56 Å². The lowest BCUT2D eigenvalue weighted by Gasteiger charge is -2.24. The van der Waals surface area contributed by atoms with Gasteiger partial charge in [-0.05, 0) is 38.5 Å². The molecule has 4 nitrogen and oxygen atoms in total. The minimum Gasteiger partial charge on any atom is -0.329 e. The van der Waals surface area contributed by atoms with Crippen LogP contribution < -0.4 is 10.5 Å². The molecule has 17 heavy (non-hydrogen) atoms. The van der Waals surface area contributed by atoms with Crippen LogP contribution in [-0.4, -0.2) is 20.5 Å². The third-order valence-electron chi connectivity index (χ3n) is 2.43. The van der Waals surface area contributed by atoms with Gasteiger partial charge in [0.05, 0.1) is 4.90 Å². The molecular weight excluding hydrogens is 304 g/mol. The van der Waals surface area contributed by atoms with Crippen molar-refractivity contribution in [3.8, 4) is 0 Å². The molecule has 0 aliphatic rings. The molecular formula is C11H17BrN2O2S. The monoisotopic (exact) mass is 320 g/mol. The second-order valence-electron chi connectivity index (χ2n) is 4.56. The van der Waals surface area contributed by atoms with Crippen LogP contribution >= 0.6 is 15.9 Å². The van der Waals surface area contributed by atoms with Crippen molar-refractivity contribution >= 4 is 26.0 Å². The SMILES string of the molecule is Cc1c(Br)cccc1S(=O)(=O)NC(C)(C)CN. The summed E-state index contributed by atoms with van der Waals surface area (Å²) >= 11 is 3.32. The lowest BCUT2D eigenvalue weighted by atomic mass is 10.1. The normalized spacial score (nSPS) is 12.8. The summed E-state index contributed by atoms with van der Waals surface area (Å²) in [6, 6.07) is 5.08. The highest BCUT2D eigenvalue weighted by atomic mass is 79.9. The first-order valence-electron chi connectivity index (χ1n) is 5.19. The maximum Gasteiger partial charge on any atom is 0.241 e. The standard InChI is InChI=1S/C11H17BrN2O2S/c1-8-9(12)5-4-6-10(8)17(15,16)14-11(2,3)7-13/h4-6,14H,7,13H2,1-3H3. The van der Waals surface area contributed by atoms with Crippen LogP contribution in [0.25, 0.3) is 0 Å². The molecule has 0 radical (unpaired) electrons. The van der Waals surface area contributed by atoms with E-state index in [1.165, 1.54) is 0 Å². The van der Waals surface area contributed by atoms with Gasteiger partial charge in [0.2, 0.25) is 10.0 Å². The van der Waals surface area contributed by atoms with Crippen molar-refractivity contribution in [2.24, 2.45) is 5.73 Å². The third-order valence-corrected chi connectivity index (χ3v) is 5.13. The fourth-order valence-corrected chi connectivity index (χ4v) is 3.53. The Bertz CT molecular complexity index is 512. The summed E-state index contributed by atoms with van der Waals surface area (Å²) in [5, 5.41) is 0. The molecule has 0 unspecified atom stereocenters. The summed E-state index contributed by atoms with van der Waals surface area (Å²) in [5.41, 5.74) is 5.55. The van der Waals surface area contributed by atoms with E-state index in [4.69, 9.17) is 5.73 Å². The summed E-state index contributed by atoms with van der Waals surface area (Å²) < 4.78 is 27.7. The number of hydrogen-bond acceptors (Lipinski definition) is 3. The van der Waals surface area contributed by atoms with Gasteiger partial charge in [-0.2, -0.15) is 0 Å². The quantitative estimate of drug-likeness (QED) is 0.888. The van der Waals surface area contributed by atoms with E-state index in [9.17, 15) is 8.42 Å². The molecule has 0 atom stereocenters. The van der Waals surface area contributed by atoms with Gasteiger partial charge < -0.3 is 5.73 Å². The molecule has 0 heterocycles. The van der Waals surface area contributed by atoms with Gasteiger partial charge in [-0.25, -0.2) is 13.1 Å². The van der Waals surface area contributed by atoms with Gasteiger partial charge in [0.25, 0.3) is 0 Å². The van der Waals surface area contributed by atoms with Crippen LogP contribution in [0.5, 0.6) is 0 Å². The van der Waals surface area contributed by atoms with Crippen LogP contribution in [0.15, 0.2) is 27.6 Å². The van der Waals surface area contributed by atoms with Crippen molar-refractivity contribution in [3.05, 3.63) is 28.2 Å². The third kappa shape index (κ3) is 3.51. The van der Waals surface area contributed by atoms with Crippen molar-refractivity contribution in [2.45, 2.75) is 31.2 Å². The Labute approximate surface area is 111 Å². The molecule has 0 saturated carbocycles. The summed E-state index contributed by atoms with van der Waals surface area (Å²) in [5.74, 6) is 0. The lowest BCUT2D eigenvalue weighted by molar-refractivity contribution is 0.462. The Morgan fingerprint density at radius 1 is 1.41 bits per heavy atom. The Hall–Kier alpha value is -0.430. The highest BCUT2D eigenvalue weighted by molar-refractivity contribution is 9.10. The maximum atomic E-state index is 12.2. The van der Waals surface area contributed by atoms with Gasteiger partial charge >= 0.3 is 0 Å². The molecule has 3 N–H and O–H groups in total. The molecule has 0 spiro atoms. The number of sulfonamides is 1. The Balaban J connectivity index is 3.19. The molecule has 0 aliphatic carbocycles. The van der Waals surface area contributed by atoms with Gasteiger partial charge in [-0.15, -0.1) is 0 Å². The molecule has 0 saturated heterocycles. The van der Waals surface area contributed by atoms with Gasteiger partial charge in [0, 0.05) is 16.6 Å². The fourth-order valence-electron chi connectivity index (χ4n) is 1.34. The van der Waals surface area contributed by atoms with Gasteiger partial charge in [-0.3, -0.25) is 0 Å². The van der Waals surface area contributed by atoms with Crippen LogP contribution in [0.4, 0.5) is 0 Å². The van der Waals surface area contributed by atoms with Gasteiger partial charge in [0.1, 0.15) is 0 Å². The second kappa shape index (κ2) is 5.06. The highest BCUT2D eigenvalue weighted by Gasteiger charge is 2.26. The van der Waals surface area contributed by atoms with E-state index in [2.05, 4.69) is 20.7 Å². The van der Waals surface area contributed by atoms with E-state index in [-0.39, 0.29) is 11.4 Å². The molecule has 6 heteroatoms. The molecule has 1 rings (SSSR count). The van der Waals surface area contributed by atoms with E-state index in [1.807, 2.05) is 6.07 Å². The zero-order valence-electron chi connectivity index (χ0n) is 10.1. The van der Waals surface area contributed by atoms with E-state index < -0.39 is 15.6 Å². The first-order valence-corrected chi connectivity index (χ1v) is 7.46. The highest BCUT2D eigenvalue weighted by Crippen LogP contribution is 2.23. The Morgan fingerprint density at radius 2 is 2.00 bits per heavy atom. The summed E-state index contributed by atoms with van der Waals surface area (Å²) in [6.45, 7) is 5.49. The molecule has 0 amide bonds. The fraction of sp³-hybridized carbons (Fsp3) is 0.455. The molecule has 96 valence electrons. The van der Waals surface area contributed by atoms with E-state index in [1.54, 1.807) is 32.9 Å². The number of hydrogen-bond donors (Lipinski definition) is 2. The van der Waals surface area contributed by atoms with Crippen molar-refractivity contribution in [1.29, 1.82) is 0 Å². The van der Waals surface area contributed by atoms with Crippen LogP contribution in [0.1, 0.15) is 19.4 Å².